The Kier molecular flexibility index (Phi) is 5.38. The van der Waals surface area contributed by atoms with E-state index in [4.69, 9.17) is 0 Å². The van der Waals surface area contributed by atoms with Crippen LogP contribution in [0.3, 0.4) is 0 Å². The van der Waals surface area contributed by atoms with Gasteiger partial charge in [-0.1, -0.05) is 17.7 Å². The number of nitrogens with zero attached hydrogens (tertiary/aromatic N) is 5. The van der Waals surface area contributed by atoms with Crippen LogP contribution in [-0.2, 0) is 10.0 Å². The molecule has 170 valence electrons. The number of anilines is 1. The van der Waals surface area contributed by atoms with E-state index in [1.54, 1.807) is 42.9 Å². The van der Waals surface area contributed by atoms with Crippen LogP contribution in [0, 0.1) is 6.92 Å². The molecule has 1 aromatic carbocycles. The van der Waals surface area contributed by atoms with Crippen LogP contribution in [0.1, 0.15) is 19.4 Å². The molecule has 0 radical (unpaired) electrons. The maximum absolute atomic E-state index is 13.7. The molecule has 2 atom stereocenters. The average molecular weight is 463 g/mol. The number of fused-ring (bicyclic) bond motifs is 1. The van der Waals surface area contributed by atoms with Crippen molar-refractivity contribution in [3.63, 3.8) is 0 Å². The van der Waals surface area contributed by atoms with Crippen molar-refractivity contribution in [2.45, 2.75) is 37.8 Å². The molecule has 8 nitrogen and oxygen atoms in total. The summed E-state index contributed by atoms with van der Waals surface area (Å²) in [5, 5.41) is 4.21. The normalized spacial score (nSPS) is 19.2. The largest absolute Gasteiger partial charge is 0.350 e. The molecule has 0 spiro atoms. The monoisotopic (exact) mass is 462 g/mol. The molecule has 9 heteroatoms. The van der Waals surface area contributed by atoms with Gasteiger partial charge in [0.1, 0.15) is 12.1 Å². The van der Waals surface area contributed by atoms with E-state index >= 15 is 0 Å². The summed E-state index contributed by atoms with van der Waals surface area (Å²) in [6.07, 6.45) is 6.51. The number of hydrogen-bond donors (Lipinski definition) is 1. The van der Waals surface area contributed by atoms with Crippen LogP contribution in [0.15, 0.2) is 66.2 Å². The van der Waals surface area contributed by atoms with Gasteiger partial charge < -0.3 is 10.2 Å². The van der Waals surface area contributed by atoms with Gasteiger partial charge in [0.05, 0.1) is 10.3 Å². The van der Waals surface area contributed by atoms with Gasteiger partial charge in [0.15, 0.2) is 5.65 Å². The first-order valence-electron chi connectivity index (χ1n) is 10.9. The number of aromatic nitrogens is 4. The summed E-state index contributed by atoms with van der Waals surface area (Å²) in [4.78, 5) is 15.7. The molecule has 4 aromatic rings. The van der Waals surface area contributed by atoms with Gasteiger partial charge >= 0.3 is 0 Å². The number of aryl methyl sites for hydroxylation is 1. The van der Waals surface area contributed by atoms with Gasteiger partial charge in [-0.3, -0.25) is 4.98 Å². The standard InChI is InChI=1S/C24H26N6O2S/c1-16-4-6-20(7-5-16)33(31,32)30-14-21(19-8-10-25-11-9-19)22-23(27-15-28-24(22)30)29-13-17(2)26-12-18(29)3/h4-11,14-15,17-18,26H,12-13H2,1-3H3/t17-,18+/m1/s1. The Morgan fingerprint density at radius 2 is 1.76 bits per heavy atom. The fourth-order valence-corrected chi connectivity index (χ4v) is 5.63. The summed E-state index contributed by atoms with van der Waals surface area (Å²) < 4.78 is 28.6. The van der Waals surface area contributed by atoms with Crippen molar-refractivity contribution in [3.05, 3.63) is 66.9 Å². The second-order valence-corrected chi connectivity index (χ2v) is 10.4. The van der Waals surface area contributed by atoms with Gasteiger partial charge in [-0.25, -0.2) is 22.4 Å². The van der Waals surface area contributed by atoms with Crippen molar-refractivity contribution >= 4 is 26.9 Å². The predicted molar refractivity (Wildman–Crippen MR) is 129 cm³/mol. The first-order valence-corrected chi connectivity index (χ1v) is 12.4. The number of rotatable bonds is 4. The third-order valence-electron chi connectivity index (χ3n) is 6.14. The minimum atomic E-state index is -3.86. The molecule has 0 unspecified atom stereocenters. The molecule has 5 rings (SSSR count). The number of benzene rings is 1. The van der Waals surface area contributed by atoms with E-state index in [9.17, 15) is 8.42 Å². The van der Waals surface area contributed by atoms with Crippen LogP contribution in [0.5, 0.6) is 0 Å². The third-order valence-corrected chi connectivity index (χ3v) is 7.80. The molecule has 1 aliphatic rings. The van der Waals surface area contributed by atoms with Crippen LogP contribution in [0.25, 0.3) is 22.2 Å². The first kappa shape index (κ1) is 21.5. The van der Waals surface area contributed by atoms with Gasteiger partial charge in [0.25, 0.3) is 10.0 Å². The average Bonchev–Trinajstić information content (AvgIpc) is 3.22. The molecule has 4 heterocycles. The zero-order valence-corrected chi connectivity index (χ0v) is 19.6. The Balaban J connectivity index is 1.78. The zero-order chi connectivity index (χ0) is 23.2. The number of pyridine rings is 1. The lowest BCUT2D eigenvalue weighted by molar-refractivity contribution is 0.423. The summed E-state index contributed by atoms with van der Waals surface area (Å²) in [6, 6.07) is 11.1. The molecule has 1 aliphatic heterocycles. The van der Waals surface area contributed by atoms with Crippen LogP contribution in [-0.4, -0.2) is 52.5 Å². The highest BCUT2D eigenvalue weighted by Gasteiger charge is 2.30. The lowest BCUT2D eigenvalue weighted by atomic mass is 10.1. The van der Waals surface area contributed by atoms with Crippen molar-refractivity contribution in [1.29, 1.82) is 0 Å². The van der Waals surface area contributed by atoms with Gasteiger partial charge in [0.2, 0.25) is 0 Å². The number of hydrogen-bond acceptors (Lipinski definition) is 7. The Labute approximate surface area is 193 Å². The van der Waals surface area contributed by atoms with Gasteiger partial charge in [-0.2, -0.15) is 0 Å². The van der Waals surface area contributed by atoms with Gasteiger partial charge in [0, 0.05) is 49.3 Å². The molecular weight excluding hydrogens is 436 g/mol. The van der Waals surface area contributed by atoms with E-state index < -0.39 is 10.0 Å². The first-order chi connectivity index (χ1) is 15.9. The maximum Gasteiger partial charge on any atom is 0.269 e. The van der Waals surface area contributed by atoms with Gasteiger partial charge in [-0.05, 0) is 50.6 Å². The maximum atomic E-state index is 13.7. The molecule has 33 heavy (non-hydrogen) atoms. The summed E-state index contributed by atoms with van der Waals surface area (Å²) in [5.74, 6) is 0.741. The topological polar surface area (TPSA) is 93.0 Å². The minimum Gasteiger partial charge on any atom is -0.350 e. The Hall–Kier alpha value is -3.30. The van der Waals surface area contributed by atoms with Crippen molar-refractivity contribution in [2.24, 2.45) is 0 Å². The lowest BCUT2D eigenvalue weighted by Crippen LogP contribution is -2.54. The summed E-state index contributed by atoms with van der Waals surface area (Å²) >= 11 is 0. The molecule has 0 saturated carbocycles. The molecule has 0 amide bonds. The highest BCUT2D eigenvalue weighted by Crippen LogP contribution is 2.37. The van der Waals surface area contributed by atoms with E-state index in [0.717, 1.165) is 41.0 Å². The third kappa shape index (κ3) is 3.77. The fraction of sp³-hybridized carbons (Fsp3) is 0.292. The van der Waals surface area contributed by atoms with Gasteiger partial charge in [-0.15, -0.1) is 0 Å². The number of piperazine rings is 1. The molecule has 0 bridgehead atoms. The van der Waals surface area contributed by atoms with Crippen molar-refractivity contribution < 1.29 is 8.42 Å². The Morgan fingerprint density at radius 3 is 2.48 bits per heavy atom. The molecule has 3 aromatic heterocycles. The molecule has 1 N–H and O–H groups in total. The molecule has 1 fully saturated rings. The predicted octanol–water partition coefficient (Wildman–Crippen LogP) is 3.23. The lowest BCUT2D eigenvalue weighted by Gasteiger charge is -2.38. The van der Waals surface area contributed by atoms with E-state index in [1.807, 2.05) is 19.1 Å². The Bertz CT molecular complexity index is 1400. The van der Waals surface area contributed by atoms with Crippen LogP contribution in [0.4, 0.5) is 5.82 Å². The smallest absolute Gasteiger partial charge is 0.269 e. The van der Waals surface area contributed by atoms with E-state index in [2.05, 4.69) is 39.0 Å². The van der Waals surface area contributed by atoms with Crippen molar-refractivity contribution in [1.82, 2.24) is 24.2 Å². The van der Waals surface area contributed by atoms with Crippen LogP contribution in [0.2, 0.25) is 0 Å². The van der Waals surface area contributed by atoms with Crippen LogP contribution >= 0.6 is 0 Å². The summed E-state index contributed by atoms with van der Waals surface area (Å²) in [5.41, 5.74) is 2.98. The summed E-state index contributed by atoms with van der Waals surface area (Å²) in [6.45, 7) is 7.78. The molecular formula is C24H26N6O2S. The van der Waals surface area contributed by atoms with E-state index in [1.165, 1.54) is 10.3 Å². The van der Waals surface area contributed by atoms with Crippen LogP contribution < -0.4 is 10.2 Å². The minimum absolute atomic E-state index is 0.196. The molecule has 1 saturated heterocycles. The second-order valence-electron chi connectivity index (χ2n) is 8.60. The zero-order valence-electron chi connectivity index (χ0n) is 18.8. The molecule has 0 aliphatic carbocycles. The second kappa shape index (κ2) is 8.24. The SMILES string of the molecule is Cc1ccc(S(=O)(=O)n2cc(-c3ccncc3)c3c(N4C[C@@H](C)NC[C@@H]4C)ncnc32)cc1. The Morgan fingerprint density at radius 1 is 1.03 bits per heavy atom. The fourth-order valence-electron chi connectivity index (χ4n) is 4.31. The number of nitrogens with one attached hydrogen (secondary N) is 1. The summed E-state index contributed by atoms with van der Waals surface area (Å²) in [7, 11) is -3.86. The highest BCUT2D eigenvalue weighted by molar-refractivity contribution is 7.90. The quantitative estimate of drug-likeness (QED) is 0.498. The van der Waals surface area contributed by atoms with E-state index in [0.29, 0.717) is 5.65 Å². The van der Waals surface area contributed by atoms with Crippen molar-refractivity contribution in [3.8, 4) is 11.1 Å². The van der Waals surface area contributed by atoms with Crippen molar-refractivity contribution in [2.75, 3.05) is 18.0 Å². The highest BCUT2D eigenvalue weighted by atomic mass is 32.2. The van der Waals surface area contributed by atoms with E-state index in [-0.39, 0.29) is 17.0 Å².